The van der Waals surface area contributed by atoms with Crippen molar-refractivity contribution in [1.29, 1.82) is 0 Å². The van der Waals surface area contributed by atoms with Crippen molar-refractivity contribution >= 4 is 11.9 Å². The van der Waals surface area contributed by atoms with E-state index in [0.717, 1.165) is 25.9 Å². The van der Waals surface area contributed by atoms with Crippen LogP contribution in [0.1, 0.15) is 24.4 Å². The quantitative estimate of drug-likeness (QED) is 0.906. The number of ether oxygens (including phenoxy) is 1. The van der Waals surface area contributed by atoms with Crippen LogP contribution in [0.15, 0.2) is 24.3 Å². The Morgan fingerprint density at radius 1 is 1.18 bits per heavy atom. The number of fused-ring (bicyclic) bond motifs is 1. The summed E-state index contributed by atoms with van der Waals surface area (Å²) < 4.78 is 5.61. The van der Waals surface area contributed by atoms with Gasteiger partial charge in [-0.15, -0.1) is 0 Å². The van der Waals surface area contributed by atoms with Crippen LogP contribution >= 0.6 is 0 Å². The van der Waals surface area contributed by atoms with Gasteiger partial charge in [-0.3, -0.25) is 9.69 Å². The number of carbonyl (C=O) groups excluding carboxylic acids is 1. The Kier molecular flexibility index (Phi) is 4.29. The standard InChI is InChI=1S/C16H20N2O4/c19-14(11-17-7-3-4-8-17)18-9-10-22-13-6-2-1-5-12(13)15(18)16(20)21/h1-2,5-6,15H,3-4,7-11H2,(H,20,21). The highest BCUT2D eigenvalue weighted by Crippen LogP contribution is 2.32. The van der Waals surface area contributed by atoms with E-state index >= 15 is 0 Å². The van der Waals surface area contributed by atoms with Crippen LogP contribution in [0, 0.1) is 0 Å². The van der Waals surface area contributed by atoms with Crippen LogP contribution in [0.4, 0.5) is 0 Å². The van der Waals surface area contributed by atoms with Gasteiger partial charge in [-0.05, 0) is 32.0 Å². The zero-order chi connectivity index (χ0) is 15.5. The second-order valence-corrected chi connectivity index (χ2v) is 5.70. The van der Waals surface area contributed by atoms with E-state index in [1.165, 1.54) is 4.90 Å². The Balaban J connectivity index is 1.85. The van der Waals surface area contributed by atoms with Crippen molar-refractivity contribution in [3.8, 4) is 5.75 Å². The number of nitrogens with zero attached hydrogens (tertiary/aromatic N) is 2. The summed E-state index contributed by atoms with van der Waals surface area (Å²) in [4.78, 5) is 27.9. The molecule has 0 bridgehead atoms. The number of carboxylic acids is 1. The first-order valence-corrected chi connectivity index (χ1v) is 7.63. The minimum absolute atomic E-state index is 0.144. The number of carbonyl (C=O) groups is 2. The third kappa shape index (κ3) is 2.92. The molecule has 3 rings (SSSR count). The zero-order valence-corrected chi connectivity index (χ0v) is 12.4. The predicted molar refractivity (Wildman–Crippen MR) is 79.7 cm³/mol. The lowest BCUT2D eigenvalue weighted by Gasteiger charge is -2.28. The highest BCUT2D eigenvalue weighted by Gasteiger charge is 2.35. The monoisotopic (exact) mass is 304 g/mol. The topological polar surface area (TPSA) is 70.1 Å². The van der Waals surface area contributed by atoms with Gasteiger partial charge < -0.3 is 14.7 Å². The largest absolute Gasteiger partial charge is 0.491 e. The van der Waals surface area contributed by atoms with E-state index in [4.69, 9.17) is 4.74 Å². The Bertz CT molecular complexity index is 569. The fourth-order valence-corrected chi connectivity index (χ4v) is 3.15. The summed E-state index contributed by atoms with van der Waals surface area (Å²) in [6.45, 7) is 2.70. The first-order chi connectivity index (χ1) is 10.7. The molecule has 22 heavy (non-hydrogen) atoms. The van der Waals surface area contributed by atoms with Gasteiger partial charge in [0.15, 0.2) is 6.04 Å². The van der Waals surface area contributed by atoms with E-state index in [2.05, 4.69) is 4.90 Å². The molecule has 1 amide bonds. The first kappa shape index (κ1) is 14.8. The van der Waals surface area contributed by atoms with Gasteiger partial charge in [-0.2, -0.15) is 0 Å². The molecule has 6 heteroatoms. The van der Waals surface area contributed by atoms with Crippen molar-refractivity contribution in [2.24, 2.45) is 0 Å². The SMILES string of the molecule is O=C(O)C1c2ccccc2OCCN1C(=O)CN1CCCC1. The molecule has 2 heterocycles. The van der Waals surface area contributed by atoms with Gasteiger partial charge in [0, 0.05) is 5.56 Å². The molecule has 1 aromatic rings. The Labute approximate surface area is 129 Å². The lowest BCUT2D eigenvalue weighted by atomic mass is 10.0. The number of benzene rings is 1. The molecule has 0 spiro atoms. The third-order valence-corrected chi connectivity index (χ3v) is 4.23. The summed E-state index contributed by atoms with van der Waals surface area (Å²) in [5.41, 5.74) is 0.544. The molecule has 6 nitrogen and oxygen atoms in total. The predicted octanol–water partition coefficient (Wildman–Crippen LogP) is 1.13. The van der Waals surface area contributed by atoms with Gasteiger partial charge in [0.05, 0.1) is 13.1 Å². The summed E-state index contributed by atoms with van der Waals surface area (Å²) in [7, 11) is 0. The van der Waals surface area contributed by atoms with Crippen molar-refractivity contribution in [3.63, 3.8) is 0 Å². The molecule has 2 aliphatic heterocycles. The van der Waals surface area contributed by atoms with Crippen molar-refractivity contribution in [2.45, 2.75) is 18.9 Å². The summed E-state index contributed by atoms with van der Waals surface area (Å²) in [5, 5.41) is 9.63. The molecule has 1 saturated heterocycles. The Hall–Kier alpha value is -2.08. The van der Waals surface area contributed by atoms with Crippen molar-refractivity contribution in [2.75, 3.05) is 32.8 Å². The van der Waals surface area contributed by atoms with Crippen molar-refractivity contribution < 1.29 is 19.4 Å². The summed E-state index contributed by atoms with van der Waals surface area (Å²) in [5.74, 6) is -0.617. The van der Waals surface area contributed by atoms with E-state index in [1.54, 1.807) is 24.3 Å². The molecule has 118 valence electrons. The molecule has 1 fully saturated rings. The summed E-state index contributed by atoms with van der Waals surface area (Å²) in [6.07, 6.45) is 2.20. The highest BCUT2D eigenvalue weighted by atomic mass is 16.5. The number of aliphatic carboxylic acids is 1. The van der Waals surface area contributed by atoms with Gasteiger partial charge in [-0.1, -0.05) is 18.2 Å². The lowest BCUT2D eigenvalue weighted by molar-refractivity contribution is -0.150. The number of para-hydroxylation sites is 1. The molecule has 1 N–H and O–H groups in total. The van der Waals surface area contributed by atoms with Crippen LogP contribution in [0.3, 0.4) is 0 Å². The number of hydrogen-bond donors (Lipinski definition) is 1. The van der Waals surface area contributed by atoms with Gasteiger partial charge in [0.2, 0.25) is 5.91 Å². The van der Waals surface area contributed by atoms with E-state index in [9.17, 15) is 14.7 Å². The third-order valence-electron chi connectivity index (χ3n) is 4.23. The molecule has 0 radical (unpaired) electrons. The smallest absolute Gasteiger partial charge is 0.331 e. The molecular weight excluding hydrogens is 284 g/mol. The minimum atomic E-state index is -1.02. The van der Waals surface area contributed by atoms with Crippen LogP contribution in [0.2, 0.25) is 0 Å². The van der Waals surface area contributed by atoms with Crippen LogP contribution in [0.25, 0.3) is 0 Å². The van der Waals surface area contributed by atoms with Gasteiger partial charge >= 0.3 is 5.97 Å². The zero-order valence-electron chi connectivity index (χ0n) is 12.4. The molecule has 0 aromatic heterocycles. The van der Waals surface area contributed by atoms with Crippen molar-refractivity contribution in [1.82, 2.24) is 9.80 Å². The maximum Gasteiger partial charge on any atom is 0.331 e. The normalized spacial score (nSPS) is 21.8. The van der Waals surface area contributed by atoms with E-state index in [-0.39, 0.29) is 12.5 Å². The fraction of sp³-hybridized carbons (Fsp3) is 0.500. The average Bonchev–Trinajstić information content (AvgIpc) is 2.91. The van der Waals surface area contributed by atoms with Crippen LogP contribution in [-0.2, 0) is 9.59 Å². The fourth-order valence-electron chi connectivity index (χ4n) is 3.15. The number of rotatable bonds is 3. The molecule has 2 aliphatic rings. The molecular formula is C16H20N2O4. The van der Waals surface area contributed by atoms with E-state index < -0.39 is 12.0 Å². The molecule has 1 atom stereocenters. The van der Waals surface area contributed by atoms with E-state index in [0.29, 0.717) is 24.5 Å². The Morgan fingerprint density at radius 2 is 1.91 bits per heavy atom. The highest BCUT2D eigenvalue weighted by molar-refractivity contribution is 5.86. The average molecular weight is 304 g/mol. The first-order valence-electron chi connectivity index (χ1n) is 7.63. The van der Waals surface area contributed by atoms with Gasteiger partial charge in [0.25, 0.3) is 0 Å². The van der Waals surface area contributed by atoms with Crippen LogP contribution in [-0.4, -0.2) is 59.6 Å². The van der Waals surface area contributed by atoms with Crippen LogP contribution in [0.5, 0.6) is 5.75 Å². The maximum atomic E-state index is 12.6. The second-order valence-electron chi connectivity index (χ2n) is 5.70. The summed E-state index contributed by atoms with van der Waals surface area (Å²) >= 11 is 0. The van der Waals surface area contributed by atoms with Crippen LogP contribution < -0.4 is 4.74 Å². The number of amides is 1. The maximum absolute atomic E-state index is 12.6. The molecule has 1 aromatic carbocycles. The number of carboxylic acid groups (broad SMARTS) is 1. The molecule has 0 aliphatic carbocycles. The number of hydrogen-bond acceptors (Lipinski definition) is 4. The van der Waals surface area contributed by atoms with Gasteiger partial charge in [0.1, 0.15) is 12.4 Å². The molecule has 0 saturated carbocycles. The minimum Gasteiger partial charge on any atom is -0.491 e. The lowest BCUT2D eigenvalue weighted by Crippen LogP contribution is -2.44. The van der Waals surface area contributed by atoms with Gasteiger partial charge in [-0.25, -0.2) is 4.79 Å². The summed E-state index contributed by atoms with van der Waals surface area (Å²) in [6, 6.07) is 6.07. The second kappa shape index (κ2) is 6.36. The molecule has 1 unspecified atom stereocenters. The van der Waals surface area contributed by atoms with Crippen molar-refractivity contribution in [3.05, 3.63) is 29.8 Å². The Morgan fingerprint density at radius 3 is 2.64 bits per heavy atom. The van der Waals surface area contributed by atoms with E-state index in [1.807, 2.05) is 0 Å². The number of likely N-dealkylation sites (tertiary alicyclic amines) is 1.